The van der Waals surface area contributed by atoms with Gasteiger partial charge in [0.25, 0.3) is 0 Å². The highest BCUT2D eigenvalue weighted by Crippen LogP contribution is 2.37. The number of fused-ring (bicyclic) bond motifs is 1. The molecule has 0 amide bonds. The van der Waals surface area contributed by atoms with Crippen LogP contribution < -0.4 is 5.73 Å². The number of rotatable bonds is 1. The van der Waals surface area contributed by atoms with E-state index < -0.39 is 0 Å². The van der Waals surface area contributed by atoms with Crippen LogP contribution in [-0.4, -0.2) is 18.2 Å². The van der Waals surface area contributed by atoms with E-state index in [0.29, 0.717) is 5.92 Å². The second kappa shape index (κ2) is 4.43. The Labute approximate surface area is 100 Å². The molecule has 0 radical (unpaired) electrons. The predicted octanol–water partition coefficient (Wildman–Crippen LogP) is 2.37. The highest BCUT2D eigenvalue weighted by Gasteiger charge is 2.25. The molecule has 0 saturated carbocycles. The topological polar surface area (TPSA) is 48.1 Å². The molecule has 2 heterocycles. The molecule has 1 atom stereocenters. The van der Waals surface area contributed by atoms with Crippen LogP contribution in [-0.2, 0) is 11.2 Å². The second-order valence-electron chi connectivity index (χ2n) is 4.75. The summed E-state index contributed by atoms with van der Waals surface area (Å²) in [6.45, 7) is 1.78. The van der Waals surface area contributed by atoms with E-state index in [0.717, 1.165) is 32.5 Å². The van der Waals surface area contributed by atoms with Crippen LogP contribution in [0.1, 0.15) is 53.2 Å². The molecule has 0 aromatic carbocycles. The van der Waals surface area contributed by atoms with E-state index in [2.05, 4.69) is 0 Å². The quantitative estimate of drug-likeness (QED) is 0.817. The van der Waals surface area contributed by atoms with Crippen molar-refractivity contribution in [3.63, 3.8) is 0 Å². The molecule has 1 fully saturated rings. The molecular formula is C12H18N2OS. The van der Waals surface area contributed by atoms with E-state index in [9.17, 15) is 0 Å². The number of thiazole rings is 1. The van der Waals surface area contributed by atoms with Crippen molar-refractivity contribution in [1.82, 2.24) is 4.98 Å². The highest BCUT2D eigenvalue weighted by molar-refractivity contribution is 7.11. The van der Waals surface area contributed by atoms with Gasteiger partial charge in [-0.1, -0.05) is 0 Å². The third-order valence-corrected chi connectivity index (χ3v) is 4.88. The Morgan fingerprint density at radius 1 is 1.25 bits per heavy atom. The lowest BCUT2D eigenvalue weighted by Crippen LogP contribution is -2.17. The van der Waals surface area contributed by atoms with Gasteiger partial charge in [-0.2, -0.15) is 0 Å². The van der Waals surface area contributed by atoms with Gasteiger partial charge in [0.15, 0.2) is 0 Å². The monoisotopic (exact) mass is 238 g/mol. The molecule has 1 aliphatic heterocycles. The van der Waals surface area contributed by atoms with Gasteiger partial charge in [-0.3, -0.25) is 0 Å². The van der Waals surface area contributed by atoms with Gasteiger partial charge in [0, 0.05) is 30.1 Å². The van der Waals surface area contributed by atoms with Crippen LogP contribution in [0.15, 0.2) is 0 Å². The second-order valence-corrected chi connectivity index (χ2v) is 5.86. The number of ether oxygens (including phenoxy) is 1. The number of nitrogens with two attached hydrogens (primary N) is 1. The fourth-order valence-electron chi connectivity index (χ4n) is 2.59. The number of aryl methyl sites for hydroxylation is 1. The maximum absolute atomic E-state index is 6.11. The zero-order valence-electron chi connectivity index (χ0n) is 9.45. The van der Waals surface area contributed by atoms with Crippen molar-refractivity contribution in [1.29, 1.82) is 0 Å². The van der Waals surface area contributed by atoms with E-state index in [4.69, 9.17) is 15.5 Å². The van der Waals surface area contributed by atoms with Crippen molar-refractivity contribution in [3.8, 4) is 0 Å². The fraction of sp³-hybridized carbons (Fsp3) is 0.750. The number of hydrogen-bond acceptors (Lipinski definition) is 4. The summed E-state index contributed by atoms with van der Waals surface area (Å²) in [6, 6.07) is 0.189. The van der Waals surface area contributed by atoms with Crippen LogP contribution in [0.25, 0.3) is 0 Å². The lowest BCUT2D eigenvalue weighted by Gasteiger charge is -2.19. The number of hydrogen-bond donors (Lipinski definition) is 1. The summed E-state index contributed by atoms with van der Waals surface area (Å²) in [7, 11) is 0. The van der Waals surface area contributed by atoms with Crippen LogP contribution in [0, 0.1) is 0 Å². The summed E-state index contributed by atoms with van der Waals surface area (Å²) in [6.07, 6.45) is 5.76. The van der Waals surface area contributed by atoms with E-state index in [1.165, 1.54) is 28.4 Å². The molecule has 4 heteroatoms. The molecule has 0 spiro atoms. The summed E-state index contributed by atoms with van der Waals surface area (Å²) >= 11 is 1.90. The Morgan fingerprint density at radius 3 is 2.81 bits per heavy atom. The molecule has 1 aromatic rings. The van der Waals surface area contributed by atoms with Crippen molar-refractivity contribution in [2.45, 2.75) is 44.1 Å². The molecule has 2 N–H and O–H groups in total. The molecule has 88 valence electrons. The van der Waals surface area contributed by atoms with Crippen molar-refractivity contribution < 1.29 is 4.74 Å². The number of nitrogens with zero attached hydrogens (tertiary/aromatic N) is 1. The van der Waals surface area contributed by atoms with Gasteiger partial charge in [-0.15, -0.1) is 11.3 Å². The first-order valence-electron chi connectivity index (χ1n) is 6.17. The van der Waals surface area contributed by atoms with Crippen molar-refractivity contribution in [2.24, 2.45) is 5.73 Å². The first kappa shape index (κ1) is 10.7. The van der Waals surface area contributed by atoms with Crippen LogP contribution in [0.3, 0.4) is 0 Å². The minimum absolute atomic E-state index is 0.189. The molecule has 3 nitrogen and oxygen atoms in total. The molecule has 1 unspecified atom stereocenters. The lowest BCUT2D eigenvalue weighted by molar-refractivity contribution is 0.0852. The maximum Gasteiger partial charge on any atom is 0.0964 e. The molecule has 1 aromatic heterocycles. The van der Waals surface area contributed by atoms with Crippen LogP contribution in [0.5, 0.6) is 0 Å². The van der Waals surface area contributed by atoms with Gasteiger partial charge in [0.2, 0.25) is 0 Å². The minimum atomic E-state index is 0.189. The summed E-state index contributed by atoms with van der Waals surface area (Å²) in [4.78, 5) is 6.24. The molecular weight excluding hydrogens is 220 g/mol. The van der Waals surface area contributed by atoms with Crippen LogP contribution in [0.2, 0.25) is 0 Å². The summed E-state index contributed by atoms with van der Waals surface area (Å²) in [5.74, 6) is 0.622. The van der Waals surface area contributed by atoms with Gasteiger partial charge in [-0.05, 0) is 32.1 Å². The predicted molar refractivity (Wildman–Crippen MR) is 64.8 cm³/mol. The molecule has 3 rings (SSSR count). The van der Waals surface area contributed by atoms with E-state index >= 15 is 0 Å². The molecule has 1 aliphatic carbocycles. The van der Waals surface area contributed by atoms with Crippen LogP contribution in [0.4, 0.5) is 0 Å². The van der Waals surface area contributed by atoms with Crippen molar-refractivity contribution >= 4 is 11.3 Å². The van der Waals surface area contributed by atoms with E-state index in [1.807, 2.05) is 11.3 Å². The third-order valence-electron chi connectivity index (χ3n) is 3.58. The third kappa shape index (κ3) is 1.90. The SMILES string of the molecule is NC1CCCc2sc(C3CCOCC3)nc21. The summed E-state index contributed by atoms with van der Waals surface area (Å²) < 4.78 is 5.40. The average Bonchev–Trinajstić information content (AvgIpc) is 2.76. The smallest absolute Gasteiger partial charge is 0.0964 e. The van der Waals surface area contributed by atoms with Crippen molar-refractivity contribution in [2.75, 3.05) is 13.2 Å². The Hall–Kier alpha value is -0.450. The Bertz CT molecular complexity index is 371. The zero-order valence-corrected chi connectivity index (χ0v) is 10.3. The van der Waals surface area contributed by atoms with Crippen LogP contribution >= 0.6 is 11.3 Å². The van der Waals surface area contributed by atoms with Gasteiger partial charge >= 0.3 is 0 Å². The Balaban J connectivity index is 1.85. The van der Waals surface area contributed by atoms with Crippen molar-refractivity contribution in [3.05, 3.63) is 15.6 Å². The summed E-state index contributed by atoms with van der Waals surface area (Å²) in [5, 5.41) is 1.31. The fourth-order valence-corrected chi connectivity index (χ4v) is 3.94. The molecule has 2 aliphatic rings. The summed E-state index contributed by atoms with van der Waals surface area (Å²) in [5.41, 5.74) is 7.30. The van der Waals surface area contributed by atoms with E-state index in [-0.39, 0.29) is 6.04 Å². The largest absolute Gasteiger partial charge is 0.381 e. The maximum atomic E-state index is 6.11. The van der Waals surface area contributed by atoms with Gasteiger partial charge in [0.1, 0.15) is 0 Å². The normalized spacial score (nSPS) is 26.7. The van der Waals surface area contributed by atoms with Gasteiger partial charge in [0.05, 0.1) is 10.7 Å². The minimum Gasteiger partial charge on any atom is -0.381 e. The van der Waals surface area contributed by atoms with Gasteiger partial charge < -0.3 is 10.5 Å². The van der Waals surface area contributed by atoms with Gasteiger partial charge in [-0.25, -0.2) is 4.98 Å². The Kier molecular flexibility index (Phi) is 2.96. The average molecular weight is 238 g/mol. The van der Waals surface area contributed by atoms with E-state index in [1.54, 1.807) is 0 Å². The lowest BCUT2D eigenvalue weighted by atomic mass is 9.98. The standard InChI is InChI=1S/C12H18N2OS/c13-9-2-1-3-10-11(9)14-12(16-10)8-4-6-15-7-5-8/h8-9H,1-7,13H2. The first-order valence-corrected chi connectivity index (χ1v) is 6.99. The Morgan fingerprint density at radius 2 is 2.06 bits per heavy atom. The molecule has 1 saturated heterocycles. The molecule has 16 heavy (non-hydrogen) atoms. The first-order chi connectivity index (χ1) is 7.84. The highest BCUT2D eigenvalue weighted by atomic mass is 32.1. The molecule has 0 bridgehead atoms. The zero-order chi connectivity index (χ0) is 11.0. The number of aromatic nitrogens is 1.